The van der Waals surface area contributed by atoms with Gasteiger partial charge in [0.2, 0.25) is 0 Å². The monoisotopic (exact) mass is 288 g/mol. The Morgan fingerprint density at radius 3 is 2.67 bits per heavy atom. The van der Waals surface area contributed by atoms with Gasteiger partial charge in [0.15, 0.2) is 5.69 Å². The molecule has 0 saturated carbocycles. The first-order valence-electron chi connectivity index (χ1n) is 6.67. The van der Waals surface area contributed by atoms with Crippen molar-refractivity contribution in [3.8, 4) is 5.75 Å². The molecular formula is C15H20N4O2. The summed E-state index contributed by atoms with van der Waals surface area (Å²) in [4.78, 5) is 14.1. The number of hydrogen-bond donors (Lipinski definition) is 2. The van der Waals surface area contributed by atoms with Crippen LogP contribution < -0.4 is 10.5 Å². The molecule has 0 aliphatic carbocycles. The molecule has 0 spiro atoms. The highest BCUT2D eigenvalue weighted by atomic mass is 16.5. The first-order valence-corrected chi connectivity index (χ1v) is 6.67. The summed E-state index contributed by atoms with van der Waals surface area (Å²) in [5, 5.41) is 6.71. The van der Waals surface area contributed by atoms with Crippen LogP contribution in [0.25, 0.3) is 0 Å². The number of aromatic nitrogens is 2. The number of rotatable bonds is 4. The summed E-state index contributed by atoms with van der Waals surface area (Å²) in [6.07, 6.45) is 0. The summed E-state index contributed by atoms with van der Waals surface area (Å²) in [5.74, 6) is 0.520. The number of nitrogens with zero attached hydrogens (tertiary/aromatic N) is 2. The van der Waals surface area contributed by atoms with Gasteiger partial charge in [-0.1, -0.05) is 18.2 Å². The van der Waals surface area contributed by atoms with Gasteiger partial charge in [0.05, 0.1) is 24.5 Å². The van der Waals surface area contributed by atoms with Crippen molar-refractivity contribution in [1.29, 1.82) is 0 Å². The highest BCUT2D eigenvalue weighted by Gasteiger charge is 2.25. The number of para-hydroxylation sites is 1. The minimum atomic E-state index is -0.227. The summed E-state index contributed by atoms with van der Waals surface area (Å²) >= 11 is 0. The Hall–Kier alpha value is -2.50. The van der Waals surface area contributed by atoms with Crippen LogP contribution in [0, 0.1) is 6.92 Å². The Kier molecular flexibility index (Phi) is 4.16. The molecule has 21 heavy (non-hydrogen) atoms. The SMILES string of the molecule is COc1ccccc1C(C)N(C)C(=O)c1n[nH]c(C)c1N. The minimum absolute atomic E-state index is 0.162. The molecule has 1 amide bonds. The first kappa shape index (κ1) is 14.9. The Morgan fingerprint density at radius 1 is 1.43 bits per heavy atom. The van der Waals surface area contributed by atoms with Crippen molar-refractivity contribution in [3.05, 3.63) is 41.2 Å². The molecule has 6 nitrogen and oxygen atoms in total. The highest BCUT2D eigenvalue weighted by Crippen LogP contribution is 2.29. The lowest BCUT2D eigenvalue weighted by atomic mass is 10.1. The fourth-order valence-electron chi connectivity index (χ4n) is 2.16. The van der Waals surface area contributed by atoms with Crippen molar-refractivity contribution in [2.24, 2.45) is 0 Å². The zero-order chi connectivity index (χ0) is 15.6. The second-order valence-electron chi connectivity index (χ2n) is 4.94. The number of amides is 1. The Bertz CT molecular complexity index is 651. The van der Waals surface area contributed by atoms with Crippen molar-refractivity contribution >= 4 is 11.6 Å². The van der Waals surface area contributed by atoms with Crippen molar-refractivity contribution in [2.75, 3.05) is 19.9 Å². The van der Waals surface area contributed by atoms with Gasteiger partial charge in [0, 0.05) is 12.6 Å². The van der Waals surface area contributed by atoms with Crippen LogP contribution in [0.1, 0.15) is 34.7 Å². The van der Waals surface area contributed by atoms with Crippen molar-refractivity contribution in [2.45, 2.75) is 19.9 Å². The van der Waals surface area contributed by atoms with Crippen molar-refractivity contribution in [1.82, 2.24) is 15.1 Å². The van der Waals surface area contributed by atoms with E-state index in [9.17, 15) is 4.79 Å². The van der Waals surface area contributed by atoms with Gasteiger partial charge in [-0.05, 0) is 19.9 Å². The quantitative estimate of drug-likeness (QED) is 0.902. The third-order valence-corrected chi connectivity index (χ3v) is 3.69. The number of methoxy groups -OCH3 is 1. The van der Waals surface area contributed by atoms with Crippen LogP contribution in [0.2, 0.25) is 0 Å². The van der Waals surface area contributed by atoms with E-state index >= 15 is 0 Å². The van der Waals surface area contributed by atoms with Gasteiger partial charge in [-0.3, -0.25) is 9.89 Å². The molecular weight excluding hydrogens is 268 g/mol. The number of anilines is 1. The molecule has 1 aromatic heterocycles. The number of ether oxygens (including phenoxy) is 1. The maximum Gasteiger partial charge on any atom is 0.276 e. The third kappa shape index (κ3) is 2.69. The van der Waals surface area contributed by atoms with Gasteiger partial charge < -0.3 is 15.4 Å². The van der Waals surface area contributed by atoms with Gasteiger partial charge in [0.1, 0.15) is 5.75 Å². The maximum atomic E-state index is 12.5. The van der Waals surface area contributed by atoms with E-state index in [1.54, 1.807) is 26.0 Å². The number of hydrogen-bond acceptors (Lipinski definition) is 4. The first-order chi connectivity index (χ1) is 9.97. The topological polar surface area (TPSA) is 84.2 Å². The van der Waals surface area contributed by atoms with E-state index < -0.39 is 0 Å². The zero-order valence-electron chi connectivity index (χ0n) is 12.7. The molecule has 0 saturated heterocycles. The summed E-state index contributed by atoms with van der Waals surface area (Å²) in [6, 6.07) is 7.46. The van der Waals surface area contributed by atoms with E-state index in [0.717, 1.165) is 11.3 Å². The zero-order valence-corrected chi connectivity index (χ0v) is 12.7. The molecule has 112 valence electrons. The average molecular weight is 288 g/mol. The fourth-order valence-corrected chi connectivity index (χ4v) is 2.16. The second kappa shape index (κ2) is 5.87. The van der Waals surface area contributed by atoms with Crippen LogP contribution >= 0.6 is 0 Å². The number of nitrogen functional groups attached to an aromatic ring is 1. The number of benzene rings is 1. The molecule has 3 N–H and O–H groups in total. The molecule has 1 aromatic carbocycles. The van der Waals surface area contributed by atoms with Gasteiger partial charge in [-0.25, -0.2) is 0 Å². The lowest BCUT2D eigenvalue weighted by Gasteiger charge is -2.26. The van der Waals surface area contributed by atoms with Crippen molar-refractivity contribution < 1.29 is 9.53 Å². The molecule has 1 atom stereocenters. The second-order valence-corrected chi connectivity index (χ2v) is 4.94. The van der Waals surface area contributed by atoms with E-state index in [4.69, 9.17) is 10.5 Å². The van der Waals surface area contributed by atoms with Crippen LogP contribution in [0.3, 0.4) is 0 Å². The summed E-state index contributed by atoms with van der Waals surface area (Å²) in [5.41, 5.74) is 8.13. The predicted octanol–water partition coefficient (Wildman–Crippen LogP) is 2.14. The average Bonchev–Trinajstić information content (AvgIpc) is 2.84. The molecule has 2 aromatic rings. The van der Waals surface area contributed by atoms with E-state index in [2.05, 4.69) is 10.2 Å². The summed E-state index contributed by atoms with van der Waals surface area (Å²) in [7, 11) is 3.34. The fraction of sp³-hybridized carbons (Fsp3) is 0.333. The Labute approximate surface area is 123 Å². The molecule has 2 rings (SSSR count). The van der Waals surface area contributed by atoms with E-state index in [-0.39, 0.29) is 17.6 Å². The largest absolute Gasteiger partial charge is 0.496 e. The molecule has 0 aliphatic heterocycles. The smallest absolute Gasteiger partial charge is 0.276 e. The number of carbonyl (C=O) groups excluding carboxylic acids is 1. The van der Waals surface area contributed by atoms with Crippen LogP contribution in [0.4, 0.5) is 5.69 Å². The van der Waals surface area contributed by atoms with Crippen LogP contribution in [0.5, 0.6) is 5.75 Å². The minimum Gasteiger partial charge on any atom is -0.496 e. The number of aryl methyl sites for hydroxylation is 1. The van der Waals surface area contributed by atoms with Crippen LogP contribution in [0.15, 0.2) is 24.3 Å². The predicted molar refractivity (Wildman–Crippen MR) is 81.2 cm³/mol. The molecule has 6 heteroatoms. The van der Waals surface area contributed by atoms with Crippen LogP contribution in [-0.2, 0) is 0 Å². The number of nitrogens with one attached hydrogen (secondary N) is 1. The molecule has 1 heterocycles. The molecule has 0 bridgehead atoms. The van der Waals surface area contributed by atoms with Gasteiger partial charge in [-0.15, -0.1) is 0 Å². The normalized spacial score (nSPS) is 12.0. The Morgan fingerprint density at radius 2 is 2.10 bits per heavy atom. The van der Waals surface area contributed by atoms with E-state index in [0.29, 0.717) is 11.4 Å². The van der Waals surface area contributed by atoms with Gasteiger partial charge >= 0.3 is 0 Å². The summed E-state index contributed by atoms with van der Waals surface area (Å²) < 4.78 is 5.35. The molecule has 0 radical (unpaired) electrons. The Balaban J connectivity index is 2.29. The lowest BCUT2D eigenvalue weighted by Crippen LogP contribution is -2.30. The molecule has 0 fully saturated rings. The highest BCUT2D eigenvalue weighted by molar-refractivity contribution is 5.97. The van der Waals surface area contributed by atoms with Crippen LogP contribution in [-0.4, -0.2) is 35.2 Å². The van der Waals surface area contributed by atoms with Crippen molar-refractivity contribution in [3.63, 3.8) is 0 Å². The number of H-pyrrole nitrogens is 1. The maximum absolute atomic E-state index is 12.5. The summed E-state index contributed by atoms with van der Waals surface area (Å²) in [6.45, 7) is 3.72. The number of aromatic amines is 1. The van der Waals surface area contributed by atoms with Gasteiger partial charge in [0.25, 0.3) is 5.91 Å². The third-order valence-electron chi connectivity index (χ3n) is 3.69. The molecule has 0 aliphatic rings. The van der Waals surface area contributed by atoms with Gasteiger partial charge in [-0.2, -0.15) is 5.10 Å². The van der Waals surface area contributed by atoms with E-state index in [1.807, 2.05) is 31.2 Å². The van der Waals surface area contributed by atoms with E-state index in [1.165, 1.54) is 0 Å². The number of carbonyl (C=O) groups is 1. The lowest BCUT2D eigenvalue weighted by molar-refractivity contribution is 0.0736. The standard InChI is InChI=1S/C15H20N4O2/c1-9-13(16)14(18-17-9)15(20)19(3)10(2)11-7-5-6-8-12(11)21-4/h5-8,10H,16H2,1-4H3,(H,17,18). The molecule has 1 unspecified atom stereocenters. The number of nitrogens with two attached hydrogens (primary N) is 1.